The minimum Gasteiger partial charge on any atom is -0.297 e. The summed E-state index contributed by atoms with van der Waals surface area (Å²) in [5.41, 5.74) is 4.45. The lowest BCUT2D eigenvalue weighted by molar-refractivity contribution is -0.134. The fourth-order valence-corrected chi connectivity index (χ4v) is 6.13. The zero-order chi connectivity index (χ0) is 22.7. The van der Waals surface area contributed by atoms with Gasteiger partial charge in [-0.05, 0) is 29.7 Å². The lowest BCUT2D eigenvalue weighted by Gasteiger charge is -2.48. The number of imide groups is 1. The van der Waals surface area contributed by atoms with Crippen molar-refractivity contribution in [3.8, 4) is 0 Å². The maximum Gasteiger partial charge on any atom is 0.259 e. The lowest BCUT2D eigenvalue weighted by Crippen LogP contribution is -2.55. The van der Waals surface area contributed by atoms with Crippen molar-refractivity contribution < 1.29 is 14.4 Å². The summed E-state index contributed by atoms with van der Waals surface area (Å²) in [6.45, 7) is 2.64. The quantitative estimate of drug-likeness (QED) is 0.480. The van der Waals surface area contributed by atoms with Crippen LogP contribution in [0.2, 0.25) is 0 Å². The minimum absolute atomic E-state index is 0.149. The predicted molar refractivity (Wildman–Crippen MR) is 128 cm³/mol. The number of piperidine rings is 1. The Hall–Kier alpha value is -3.15. The molecule has 8 heteroatoms. The number of anilines is 1. The SMILES string of the molecule is O=C1CCC(N2C(=O)c3ccc(C4(P)CN(Cc5ccccc5)C4)c4nccc2c34)C(=O)N1. The molecule has 2 saturated heterocycles. The summed E-state index contributed by atoms with van der Waals surface area (Å²) < 4.78 is 0. The van der Waals surface area contributed by atoms with Crippen LogP contribution in [-0.2, 0) is 21.3 Å². The fourth-order valence-electron chi connectivity index (χ4n) is 5.38. The highest BCUT2D eigenvalue weighted by Crippen LogP contribution is 2.47. The van der Waals surface area contributed by atoms with Crippen molar-refractivity contribution >= 4 is 43.6 Å². The maximum atomic E-state index is 13.3. The van der Waals surface area contributed by atoms with Gasteiger partial charge < -0.3 is 0 Å². The lowest BCUT2D eigenvalue weighted by atomic mass is 9.87. The fraction of sp³-hybridized carbons (Fsp3) is 0.280. The number of likely N-dealkylation sites (tertiary alicyclic amines) is 1. The molecule has 6 rings (SSSR count). The minimum atomic E-state index is -0.688. The van der Waals surface area contributed by atoms with Crippen LogP contribution in [0.25, 0.3) is 10.9 Å². The first-order valence-electron chi connectivity index (χ1n) is 11.1. The molecule has 0 saturated carbocycles. The summed E-state index contributed by atoms with van der Waals surface area (Å²) in [4.78, 5) is 46.1. The van der Waals surface area contributed by atoms with Crippen molar-refractivity contribution in [2.75, 3.05) is 18.0 Å². The summed E-state index contributed by atoms with van der Waals surface area (Å²) in [7, 11) is 3.01. The molecular weight excluding hydrogens is 435 g/mol. The summed E-state index contributed by atoms with van der Waals surface area (Å²) in [6, 6.07) is 15.4. The van der Waals surface area contributed by atoms with E-state index in [0.29, 0.717) is 17.7 Å². The molecule has 1 aromatic heterocycles. The largest absolute Gasteiger partial charge is 0.297 e. The Morgan fingerprint density at radius 1 is 1.06 bits per heavy atom. The summed E-state index contributed by atoms with van der Waals surface area (Å²) >= 11 is 0. The van der Waals surface area contributed by atoms with E-state index in [1.54, 1.807) is 17.2 Å². The molecule has 2 unspecified atom stereocenters. The van der Waals surface area contributed by atoms with E-state index in [2.05, 4.69) is 48.7 Å². The Bertz CT molecular complexity index is 1320. The number of benzene rings is 2. The van der Waals surface area contributed by atoms with Crippen LogP contribution < -0.4 is 10.2 Å². The average Bonchev–Trinajstić information content (AvgIpc) is 3.07. The van der Waals surface area contributed by atoms with Crippen LogP contribution in [0.3, 0.4) is 0 Å². The number of carbonyl (C=O) groups excluding carboxylic acids is 3. The Morgan fingerprint density at radius 2 is 1.85 bits per heavy atom. The molecule has 4 heterocycles. The Labute approximate surface area is 193 Å². The van der Waals surface area contributed by atoms with Crippen molar-refractivity contribution in [3.05, 3.63) is 71.4 Å². The van der Waals surface area contributed by atoms with Crippen LogP contribution in [0.15, 0.2) is 54.7 Å². The predicted octanol–water partition coefficient (Wildman–Crippen LogP) is 2.59. The molecule has 2 atom stereocenters. The molecule has 3 aliphatic rings. The number of pyridine rings is 1. The molecule has 0 aliphatic carbocycles. The number of aromatic nitrogens is 1. The summed E-state index contributed by atoms with van der Waals surface area (Å²) in [6.07, 6.45) is 2.25. The Kier molecular flexibility index (Phi) is 4.61. The van der Waals surface area contributed by atoms with Crippen molar-refractivity contribution in [1.29, 1.82) is 0 Å². The molecule has 7 nitrogen and oxygen atoms in total. The van der Waals surface area contributed by atoms with Gasteiger partial charge in [-0.2, -0.15) is 0 Å². The molecule has 2 aromatic carbocycles. The molecule has 33 heavy (non-hydrogen) atoms. The maximum absolute atomic E-state index is 13.3. The van der Waals surface area contributed by atoms with Crippen LogP contribution in [0.1, 0.15) is 34.3 Å². The number of nitrogens with one attached hydrogen (secondary N) is 1. The first-order chi connectivity index (χ1) is 15.9. The van der Waals surface area contributed by atoms with Crippen molar-refractivity contribution in [1.82, 2.24) is 15.2 Å². The number of amides is 3. The standard InChI is InChI=1S/C25H23N4O3P/c30-20-9-8-19(23(31)27-20)29-18-10-11-26-22-17(7-6-16(21(18)22)24(29)32)25(33)13-28(14-25)12-15-4-2-1-3-5-15/h1-7,10-11,19H,8-9,12-14,33H2,(H,27,30,31). The highest BCUT2D eigenvalue weighted by atomic mass is 31.0. The van der Waals surface area contributed by atoms with Gasteiger partial charge in [-0.3, -0.25) is 34.5 Å². The zero-order valence-electron chi connectivity index (χ0n) is 18.0. The van der Waals surface area contributed by atoms with E-state index in [0.717, 1.165) is 36.1 Å². The van der Waals surface area contributed by atoms with E-state index < -0.39 is 11.9 Å². The monoisotopic (exact) mass is 458 g/mol. The number of nitrogens with zero attached hydrogens (tertiary/aromatic N) is 3. The third kappa shape index (κ3) is 3.18. The van der Waals surface area contributed by atoms with E-state index in [1.807, 2.05) is 18.2 Å². The topological polar surface area (TPSA) is 82.6 Å². The second kappa shape index (κ2) is 7.44. The smallest absolute Gasteiger partial charge is 0.259 e. The molecule has 166 valence electrons. The van der Waals surface area contributed by atoms with Gasteiger partial charge in [0, 0.05) is 42.8 Å². The highest BCUT2D eigenvalue weighted by Gasteiger charge is 2.45. The van der Waals surface area contributed by atoms with Gasteiger partial charge in [0.1, 0.15) is 6.04 Å². The molecule has 3 amide bonds. The van der Waals surface area contributed by atoms with Crippen LogP contribution in [-0.4, -0.2) is 46.7 Å². The molecule has 3 aliphatic heterocycles. The number of carbonyl (C=O) groups is 3. The first-order valence-corrected chi connectivity index (χ1v) is 11.7. The second-order valence-corrected chi connectivity index (χ2v) is 10.2. The molecule has 0 spiro atoms. The zero-order valence-corrected chi connectivity index (χ0v) is 19.1. The van der Waals surface area contributed by atoms with Gasteiger partial charge in [-0.1, -0.05) is 36.4 Å². The van der Waals surface area contributed by atoms with E-state index in [1.165, 1.54) is 5.56 Å². The van der Waals surface area contributed by atoms with Gasteiger partial charge in [0.05, 0.1) is 16.8 Å². The molecule has 0 bridgehead atoms. The first kappa shape index (κ1) is 20.5. The van der Waals surface area contributed by atoms with E-state index in [9.17, 15) is 14.4 Å². The summed E-state index contributed by atoms with van der Waals surface area (Å²) in [5.74, 6) is -0.922. The van der Waals surface area contributed by atoms with Gasteiger partial charge in [-0.15, -0.1) is 9.24 Å². The van der Waals surface area contributed by atoms with Crippen molar-refractivity contribution in [3.63, 3.8) is 0 Å². The van der Waals surface area contributed by atoms with Crippen LogP contribution >= 0.6 is 9.24 Å². The number of hydrogen-bond donors (Lipinski definition) is 1. The van der Waals surface area contributed by atoms with E-state index in [-0.39, 0.29) is 23.4 Å². The molecule has 2 fully saturated rings. The Morgan fingerprint density at radius 3 is 2.61 bits per heavy atom. The van der Waals surface area contributed by atoms with Crippen molar-refractivity contribution in [2.24, 2.45) is 0 Å². The Balaban J connectivity index is 1.34. The van der Waals surface area contributed by atoms with Crippen molar-refractivity contribution in [2.45, 2.75) is 30.6 Å². The highest BCUT2D eigenvalue weighted by molar-refractivity contribution is 7.18. The molecule has 3 aromatic rings. The average molecular weight is 458 g/mol. The van der Waals surface area contributed by atoms with Gasteiger partial charge in [-0.25, -0.2) is 0 Å². The van der Waals surface area contributed by atoms with E-state index >= 15 is 0 Å². The van der Waals surface area contributed by atoms with Crippen LogP contribution in [0.4, 0.5) is 5.69 Å². The van der Waals surface area contributed by atoms with Gasteiger partial charge >= 0.3 is 0 Å². The summed E-state index contributed by atoms with van der Waals surface area (Å²) in [5, 5.41) is 3.02. The van der Waals surface area contributed by atoms with Crippen LogP contribution in [0.5, 0.6) is 0 Å². The van der Waals surface area contributed by atoms with Crippen LogP contribution in [0, 0.1) is 0 Å². The van der Waals surface area contributed by atoms with E-state index in [4.69, 9.17) is 0 Å². The second-order valence-electron chi connectivity index (χ2n) is 9.14. The molecule has 0 radical (unpaired) electrons. The third-order valence-corrected chi connectivity index (χ3v) is 7.57. The third-order valence-electron chi connectivity index (χ3n) is 6.90. The normalized spacial score (nSPS) is 21.9. The number of rotatable bonds is 4. The van der Waals surface area contributed by atoms with Gasteiger partial charge in [0.15, 0.2) is 0 Å². The molecular formula is C25H23N4O3P. The van der Waals surface area contributed by atoms with Gasteiger partial charge in [0.25, 0.3) is 5.91 Å². The van der Waals surface area contributed by atoms with Gasteiger partial charge in [0.2, 0.25) is 11.8 Å². The number of hydrogen-bond acceptors (Lipinski definition) is 5. The molecule has 1 N–H and O–H groups in total.